The summed E-state index contributed by atoms with van der Waals surface area (Å²) in [7, 11) is 0. The average molecular weight is 277 g/mol. The Balaban J connectivity index is 3.57. The summed E-state index contributed by atoms with van der Waals surface area (Å²) >= 11 is 8.61. The standard InChI is InChI=1S/C6H2BrClN4O2/c7-3-1-2-4(8)6(12(13)14)5(3)10-11-9/h1-2H. The fraction of sp³-hybridized carbons (Fsp3) is 0. The summed E-state index contributed by atoms with van der Waals surface area (Å²) in [5, 5.41) is 13.7. The van der Waals surface area contributed by atoms with Crippen molar-refractivity contribution in [1.29, 1.82) is 0 Å². The number of hydrogen-bond acceptors (Lipinski definition) is 3. The first-order valence-corrected chi connectivity index (χ1v) is 4.42. The maximum absolute atomic E-state index is 10.6. The fourth-order valence-electron chi connectivity index (χ4n) is 0.844. The second-order valence-electron chi connectivity index (χ2n) is 2.17. The molecule has 8 heteroatoms. The van der Waals surface area contributed by atoms with Crippen LogP contribution in [0.5, 0.6) is 0 Å². The van der Waals surface area contributed by atoms with Gasteiger partial charge >= 0.3 is 0 Å². The lowest BCUT2D eigenvalue weighted by molar-refractivity contribution is -0.384. The average Bonchev–Trinajstić information content (AvgIpc) is 2.11. The summed E-state index contributed by atoms with van der Waals surface area (Å²) in [4.78, 5) is 12.4. The molecular weight excluding hydrogens is 275 g/mol. The van der Waals surface area contributed by atoms with Crippen LogP contribution in [0.1, 0.15) is 0 Å². The molecule has 0 spiro atoms. The highest BCUT2D eigenvalue weighted by atomic mass is 79.9. The van der Waals surface area contributed by atoms with Gasteiger partial charge in [0.15, 0.2) is 0 Å². The summed E-state index contributed by atoms with van der Waals surface area (Å²) in [5.74, 6) is 0. The largest absolute Gasteiger partial charge is 0.298 e. The lowest BCUT2D eigenvalue weighted by Gasteiger charge is -2.00. The number of nitro groups is 1. The van der Waals surface area contributed by atoms with E-state index >= 15 is 0 Å². The predicted molar refractivity (Wildman–Crippen MR) is 54.6 cm³/mol. The zero-order valence-electron chi connectivity index (χ0n) is 6.52. The highest BCUT2D eigenvalue weighted by Crippen LogP contribution is 2.40. The molecule has 0 radical (unpaired) electrons. The number of azide groups is 1. The molecule has 1 aromatic carbocycles. The van der Waals surface area contributed by atoms with E-state index in [-0.39, 0.29) is 10.7 Å². The van der Waals surface area contributed by atoms with Crippen molar-refractivity contribution in [2.24, 2.45) is 5.11 Å². The maximum atomic E-state index is 10.6. The van der Waals surface area contributed by atoms with Crippen molar-refractivity contribution in [3.63, 3.8) is 0 Å². The molecule has 14 heavy (non-hydrogen) atoms. The molecule has 72 valence electrons. The number of benzene rings is 1. The first kappa shape index (κ1) is 10.8. The van der Waals surface area contributed by atoms with Crippen LogP contribution in [-0.4, -0.2) is 4.92 Å². The van der Waals surface area contributed by atoms with Crippen molar-refractivity contribution >= 4 is 38.9 Å². The van der Waals surface area contributed by atoms with Crippen molar-refractivity contribution in [2.45, 2.75) is 0 Å². The number of halogens is 2. The summed E-state index contributed by atoms with van der Waals surface area (Å²) in [6.07, 6.45) is 0. The molecule has 0 aromatic heterocycles. The Morgan fingerprint density at radius 3 is 2.79 bits per heavy atom. The van der Waals surface area contributed by atoms with Gasteiger partial charge in [0, 0.05) is 9.38 Å². The van der Waals surface area contributed by atoms with Crippen molar-refractivity contribution in [2.75, 3.05) is 0 Å². The lowest BCUT2D eigenvalue weighted by atomic mass is 10.3. The number of nitrogens with zero attached hydrogens (tertiary/aromatic N) is 4. The van der Waals surface area contributed by atoms with Gasteiger partial charge in [-0.25, -0.2) is 0 Å². The van der Waals surface area contributed by atoms with Crippen molar-refractivity contribution in [3.8, 4) is 0 Å². The highest BCUT2D eigenvalue weighted by Gasteiger charge is 2.20. The Morgan fingerprint density at radius 1 is 1.64 bits per heavy atom. The quantitative estimate of drug-likeness (QED) is 0.269. The molecule has 0 aliphatic heterocycles. The van der Waals surface area contributed by atoms with Crippen LogP contribution in [0.4, 0.5) is 11.4 Å². The minimum Gasteiger partial charge on any atom is -0.258 e. The second-order valence-corrected chi connectivity index (χ2v) is 3.43. The molecular formula is C6H2BrClN4O2. The third-order valence-electron chi connectivity index (χ3n) is 1.38. The van der Waals surface area contributed by atoms with Gasteiger partial charge in [-0.3, -0.25) is 10.1 Å². The Bertz CT molecular complexity index is 417. The molecule has 0 unspecified atom stereocenters. The van der Waals surface area contributed by atoms with Gasteiger partial charge in [0.1, 0.15) is 10.7 Å². The van der Waals surface area contributed by atoms with E-state index in [1.807, 2.05) is 0 Å². The van der Waals surface area contributed by atoms with Crippen LogP contribution in [0.3, 0.4) is 0 Å². The predicted octanol–water partition coefficient (Wildman–Crippen LogP) is 3.95. The van der Waals surface area contributed by atoms with Gasteiger partial charge in [-0.2, -0.15) is 0 Å². The number of hydrogen-bond donors (Lipinski definition) is 0. The van der Waals surface area contributed by atoms with Crippen molar-refractivity contribution < 1.29 is 4.92 Å². The van der Waals surface area contributed by atoms with Crippen LogP contribution in [0.25, 0.3) is 10.4 Å². The van der Waals surface area contributed by atoms with Gasteiger partial charge in [-0.1, -0.05) is 32.6 Å². The van der Waals surface area contributed by atoms with E-state index in [1.54, 1.807) is 0 Å². The third-order valence-corrected chi connectivity index (χ3v) is 2.32. The van der Waals surface area contributed by atoms with Crippen LogP contribution in [0, 0.1) is 10.1 Å². The summed E-state index contributed by atoms with van der Waals surface area (Å²) in [6.45, 7) is 0. The minimum absolute atomic E-state index is 0.0689. The summed E-state index contributed by atoms with van der Waals surface area (Å²) in [6, 6.07) is 2.82. The van der Waals surface area contributed by atoms with E-state index in [4.69, 9.17) is 17.1 Å². The fourth-order valence-corrected chi connectivity index (χ4v) is 1.46. The lowest BCUT2D eigenvalue weighted by Crippen LogP contribution is -1.90. The van der Waals surface area contributed by atoms with Gasteiger partial charge in [-0.05, 0) is 17.7 Å². The number of nitro benzene ring substituents is 1. The van der Waals surface area contributed by atoms with Crippen molar-refractivity contribution in [3.05, 3.63) is 42.2 Å². The highest BCUT2D eigenvalue weighted by molar-refractivity contribution is 9.10. The zero-order valence-corrected chi connectivity index (χ0v) is 8.86. The van der Waals surface area contributed by atoms with Gasteiger partial charge in [0.25, 0.3) is 5.69 Å². The van der Waals surface area contributed by atoms with Crippen molar-refractivity contribution in [1.82, 2.24) is 0 Å². The SMILES string of the molecule is [N-]=[N+]=Nc1c(Br)ccc(Cl)c1[N+](=O)[O-]. The van der Waals surface area contributed by atoms with Gasteiger partial charge in [-0.15, -0.1) is 0 Å². The maximum Gasteiger partial charge on any atom is 0.298 e. The smallest absolute Gasteiger partial charge is 0.258 e. The molecule has 1 aromatic rings. The molecule has 0 fully saturated rings. The number of rotatable bonds is 2. The molecule has 6 nitrogen and oxygen atoms in total. The molecule has 0 saturated carbocycles. The van der Waals surface area contributed by atoms with Crippen LogP contribution in [-0.2, 0) is 0 Å². The molecule has 0 heterocycles. The van der Waals surface area contributed by atoms with Crippen LogP contribution in [0.2, 0.25) is 5.02 Å². The normalized spacial score (nSPS) is 9.29. The Kier molecular flexibility index (Phi) is 3.29. The Labute approximate surface area is 91.4 Å². The molecule has 0 atom stereocenters. The van der Waals surface area contributed by atoms with E-state index in [1.165, 1.54) is 12.1 Å². The summed E-state index contributed by atoms with van der Waals surface area (Å²) in [5.41, 5.74) is 7.69. The Morgan fingerprint density at radius 2 is 2.29 bits per heavy atom. The minimum atomic E-state index is -0.697. The molecule has 0 aliphatic rings. The van der Waals surface area contributed by atoms with Gasteiger partial charge < -0.3 is 0 Å². The molecule has 0 bridgehead atoms. The first-order valence-electron chi connectivity index (χ1n) is 3.25. The zero-order chi connectivity index (χ0) is 10.7. The van der Waals surface area contributed by atoms with Gasteiger partial charge in [0.05, 0.1) is 4.92 Å². The van der Waals surface area contributed by atoms with E-state index in [9.17, 15) is 10.1 Å². The molecule has 0 amide bonds. The van der Waals surface area contributed by atoms with E-state index in [0.717, 1.165) is 0 Å². The van der Waals surface area contributed by atoms with Crippen LogP contribution >= 0.6 is 27.5 Å². The first-order chi connectivity index (χ1) is 6.57. The van der Waals surface area contributed by atoms with Crippen LogP contribution < -0.4 is 0 Å². The molecule has 0 aliphatic carbocycles. The molecule has 0 N–H and O–H groups in total. The molecule has 0 saturated heterocycles. The Hall–Kier alpha value is -1.30. The van der Waals surface area contributed by atoms with E-state index < -0.39 is 10.6 Å². The topological polar surface area (TPSA) is 91.9 Å². The van der Waals surface area contributed by atoms with Crippen LogP contribution in [0.15, 0.2) is 21.7 Å². The van der Waals surface area contributed by atoms with E-state index in [2.05, 4.69) is 26.0 Å². The van der Waals surface area contributed by atoms with Gasteiger partial charge in [0.2, 0.25) is 0 Å². The monoisotopic (exact) mass is 276 g/mol. The van der Waals surface area contributed by atoms with E-state index in [0.29, 0.717) is 4.47 Å². The second kappa shape index (κ2) is 4.28. The molecule has 1 rings (SSSR count). The summed E-state index contributed by atoms with van der Waals surface area (Å²) < 4.78 is 0.325. The third kappa shape index (κ3) is 1.95.